The van der Waals surface area contributed by atoms with Gasteiger partial charge in [-0.1, -0.05) is 6.07 Å². The number of nitrogens with zero attached hydrogens (tertiary/aromatic N) is 3. The highest BCUT2D eigenvalue weighted by Gasteiger charge is 2.07. The van der Waals surface area contributed by atoms with Crippen LogP contribution in [0.2, 0.25) is 0 Å². The molecule has 0 bridgehead atoms. The van der Waals surface area contributed by atoms with E-state index in [4.69, 9.17) is 0 Å². The number of pyridine rings is 1. The van der Waals surface area contributed by atoms with Crippen molar-refractivity contribution in [3.05, 3.63) is 47.7 Å². The zero-order valence-electron chi connectivity index (χ0n) is 10.8. The van der Waals surface area contributed by atoms with Crippen LogP contribution in [0.15, 0.2) is 30.7 Å². The van der Waals surface area contributed by atoms with Gasteiger partial charge in [0, 0.05) is 25.5 Å². The van der Waals surface area contributed by atoms with E-state index in [1.165, 1.54) is 12.4 Å². The Morgan fingerprint density at radius 1 is 1.16 bits per heavy atom. The number of carbonyl (C=O) groups excluding carboxylic acids is 1. The van der Waals surface area contributed by atoms with Crippen molar-refractivity contribution in [2.24, 2.45) is 0 Å². The van der Waals surface area contributed by atoms with Crippen molar-refractivity contribution in [3.8, 4) is 0 Å². The van der Waals surface area contributed by atoms with Gasteiger partial charge in [0.2, 0.25) is 0 Å². The van der Waals surface area contributed by atoms with E-state index < -0.39 is 0 Å². The van der Waals surface area contributed by atoms with Gasteiger partial charge in [-0.15, -0.1) is 0 Å². The molecule has 98 valence electrons. The lowest BCUT2D eigenvalue weighted by Crippen LogP contribution is -2.24. The molecule has 0 aliphatic carbocycles. The van der Waals surface area contributed by atoms with E-state index in [1.54, 1.807) is 13.2 Å². The number of hydrogen-bond donors (Lipinski definition) is 2. The maximum absolute atomic E-state index is 11.8. The minimum absolute atomic E-state index is 0.254. The number of amides is 1. The summed E-state index contributed by atoms with van der Waals surface area (Å²) < 4.78 is 0. The maximum atomic E-state index is 11.8. The molecule has 6 heteroatoms. The van der Waals surface area contributed by atoms with Crippen molar-refractivity contribution in [1.82, 2.24) is 20.3 Å². The predicted molar refractivity (Wildman–Crippen MR) is 71.7 cm³/mol. The van der Waals surface area contributed by atoms with Gasteiger partial charge in [-0.05, 0) is 18.6 Å². The molecular weight excluding hydrogens is 242 g/mol. The monoisotopic (exact) mass is 257 g/mol. The third kappa shape index (κ3) is 3.48. The van der Waals surface area contributed by atoms with Crippen LogP contribution in [-0.2, 0) is 6.54 Å². The van der Waals surface area contributed by atoms with Crippen LogP contribution in [0.4, 0.5) is 5.82 Å². The Hall–Kier alpha value is -2.50. The fourth-order valence-corrected chi connectivity index (χ4v) is 1.45. The molecule has 6 nitrogen and oxygen atoms in total. The number of nitrogens with one attached hydrogen (secondary N) is 2. The fraction of sp³-hybridized carbons (Fsp3) is 0.231. The second-order valence-electron chi connectivity index (χ2n) is 4.03. The number of hydrogen-bond acceptors (Lipinski definition) is 5. The normalized spacial score (nSPS) is 10.0. The van der Waals surface area contributed by atoms with E-state index in [0.29, 0.717) is 18.1 Å². The van der Waals surface area contributed by atoms with Crippen molar-refractivity contribution >= 4 is 11.7 Å². The van der Waals surface area contributed by atoms with Crippen LogP contribution in [0.3, 0.4) is 0 Å². The molecule has 19 heavy (non-hydrogen) atoms. The molecule has 2 aromatic heterocycles. The van der Waals surface area contributed by atoms with Gasteiger partial charge in [-0.3, -0.25) is 9.78 Å². The molecule has 0 spiro atoms. The lowest BCUT2D eigenvalue weighted by molar-refractivity contribution is 0.0945. The minimum Gasteiger partial charge on any atom is -0.372 e. The number of rotatable bonds is 4. The lowest BCUT2D eigenvalue weighted by Gasteiger charge is -2.05. The van der Waals surface area contributed by atoms with Gasteiger partial charge in [0.25, 0.3) is 5.91 Å². The topological polar surface area (TPSA) is 79.8 Å². The first kappa shape index (κ1) is 12.9. The van der Waals surface area contributed by atoms with Crippen LogP contribution in [-0.4, -0.2) is 27.9 Å². The summed E-state index contributed by atoms with van der Waals surface area (Å²) in [5.74, 6) is 0.370. The largest absolute Gasteiger partial charge is 0.372 e. The quantitative estimate of drug-likeness (QED) is 0.859. The van der Waals surface area contributed by atoms with Crippen LogP contribution >= 0.6 is 0 Å². The summed E-state index contributed by atoms with van der Waals surface area (Å²) in [6.45, 7) is 2.34. The predicted octanol–water partition coefficient (Wildman–Crippen LogP) is 1.15. The van der Waals surface area contributed by atoms with Crippen LogP contribution in [0.25, 0.3) is 0 Å². The zero-order valence-corrected chi connectivity index (χ0v) is 10.8. The van der Waals surface area contributed by atoms with E-state index in [0.717, 1.165) is 11.3 Å². The van der Waals surface area contributed by atoms with E-state index in [9.17, 15) is 4.79 Å². The number of anilines is 1. The van der Waals surface area contributed by atoms with E-state index in [2.05, 4.69) is 25.6 Å². The lowest BCUT2D eigenvalue weighted by atomic mass is 10.2. The molecular formula is C13H15N5O. The average Bonchev–Trinajstić information content (AvgIpc) is 2.46. The van der Waals surface area contributed by atoms with Gasteiger partial charge in [0.15, 0.2) is 0 Å². The minimum atomic E-state index is -0.254. The summed E-state index contributed by atoms with van der Waals surface area (Å²) in [4.78, 5) is 24.1. The van der Waals surface area contributed by atoms with Gasteiger partial charge >= 0.3 is 0 Å². The molecule has 0 atom stereocenters. The van der Waals surface area contributed by atoms with Crippen LogP contribution in [0.5, 0.6) is 0 Å². The molecule has 0 unspecified atom stereocenters. The molecule has 0 radical (unpaired) electrons. The average molecular weight is 257 g/mol. The Kier molecular flexibility index (Phi) is 4.02. The van der Waals surface area contributed by atoms with Gasteiger partial charge < -0.3 is 10.6 Å². The van der Waals surface area contributed by atoms with Gasteiger partial charge in [-0.2, -0.15) is 0 Å². The van der Waals surface area contributed by atoms with Gasteiger partial charge in [0.05, 0.1) is 12.4 Å². The van der Waals surface area contributed by atoms with Crippen molar-refractivity contribution in [1.29, 1.82) is 0 Å². The SMILES string of the molecule is CNc1cnc(C(=O)NCc2ccc(C)nc2)cn1. The third-order valence-corrected chi connectivity index (χ3v) is 2.57. The number of aryl methyl sites for hydroxylation is 1. The molecule has 0 aliphatic rings. The van der Waals surface area contributed by atoms with E-state index in [-0.39, 0.29) is 5.91 Å². The molecule has 2 heterocycles. The summed E-state index contributed by atoms with van der Waals surface area (Å²) in [5, 5.41) is 5.61. The Morgan fingerprint density at radius 3 is 2.58 bits per heavy atom. The van der Waals surface area contributed by atoms with Crippen molar-refractivity contribution in [3.63, 3.8) is 0 Å². The Labute approximate surface area is 111 Å². The number of carbonyl (C=O) groups is 1. The summed E-state index contributed by atoms with van der Waals surface area (Å²) in [5.41, 5.74) is 2.18. The third-order valence-electron chi connectivity index (χ3n) is 2.57. The van der Waals surface area contributed by atoms with Crippen molar-refractivity contribution < 1.29 is 4.79 Å². The smallest absolute Gasteiger partial charge is 0.271 e. The molecule has 0 aromatic carbocycles. The highest BCUT2D eigenvalue weighted by molar-refractivity contribution is 5.91. The van der Waals surface area contributed by atoms with Crippen LogP contribution in [0, 0.1) is 6.92 Å². The number of aromatic nitrogens is 3. The molecule has 2 aromatic rings. The standard InChI is InChI=1S/C13H15N5O/c1-9-3-4-10(5-15-9)6-18-13(19)11-7-17-12(14-2)8-16-11/h3-5,7-8H,6H2,1-2H3,(H,14,17)(H,18,19). The first-order chi connectivity index (χ1) is 9.19. The fourth-order valence-electron chi connectivity index (χ4n) is 1.45. The summed E-state index contributed by atoms with van der Waals surface area (Å²) in [6.07, 6.45) is 4.70. The summed E-state index contributed by atoms with van der Waals surface area (Å²) >= 11 is 0. The molecule has 2 rings (SSSR count). The second kappa shape index (κ2) is 5.90. The van der Waals surface area contributed by atoms with Gasteiger partial charge in [0.1, 0.15) is 11.5 Å². The Morgan fingerprint density at radius 2 is 2.00 bits per heavy atom. The Balaban J connectivity index is 1.95. The van der Waals surface area contributed by atoms with Crippen LogP contribution < -0.4 is 10.6 Å². The van der Waals surface area contributed by atoms with Crippen molar-refractivity contribution in [2.75, 3.05) is 12.4 Å². The summed E-state index contributed by atoms with van der Waals surface area (Å²) in [6, 6.07) is 3.83. The summed E-state index contributed by atoms with van der Waals surface area (Å²) in [7, 11) is 1.74. The second-order valence-corrected chi connectivity index (χ2v) is 4.03. The molecule has 0 aliphatic heterocycles. The zero-order chi connectivity index (χ0) is 13.7. The molecule has 0 saturated carbocycles. The van der Waals surface area contributed by atoms with E-state index >= 15 is 0 Å². The Bertz CT molecular complexity index is 550. The highest BCUT2D eigenvalue weighted by atomic mass is 16.1. The van der Waals surface area contributed by atoms with Gasteiger partial charge in [-0.25, -0.2) is 9.97 Å². The molecule has 0 saturated heterocycles. The first-order valence-corrected chi connectivity index (χ1v) is 5.88. The molecule has 0 fully saturated rings. The molecule has 2 N–H and O–H groups in total. The first-order valence-electron chi connectivity index (χ1n) is 5.88. The highest BCUT2D eigenvalue weighted by Crippen LogP contribution is 2.01. The van der Waals surface area contributed by atoms with E-state index in [1.807, 2.05) is 19.1 Å². The molecule has 1 amide bonds. The van der Waals surface area contributed by atoms with Crippen molar-refractivity contribution in [2.45, 2.75) is 13.5 Å². The maximum Gasteiger partial charge on any atom is 0.271 e. The van der Waals surface area contributed by atoms with Crippen LogP contribution in [0.1, 0.15) is 21.7 Å².